The highest BCUT2D eigenvalue weighted by Crippen LogP contribution is 2.30. The summed E-state index contributed by atoms with van der Waals surface area (Å²) >= 11 is 0. The van der Waals surface area contributed by atoms with Gasteiger partial charge in [0.15, 0.2) is 0 Å². The minimum Gasteiger partial charge on any atom is -0.302 e. The summed E-state index contributed by atoms with van der Waals surface area (Å²) in [7, 11) is 0. The molecule has 2 heterocycles. The van der Waals surface area contributed by atoms with Crippen LogP contribution in [0.4, 0.5) is 0 Å². The van der Waals surface area contributed by atoms with Gasteiger partial charge in [-0.15, -0.1) is 0 Å². The first kappa shape index (κ1) is 11.4. The van der Waals surface area contributed by atoms with Gasteiger partial charge in [-0.25, -0.2) is 0 Å². The number of nitrogens with one attached hydrogen (secondary N) is 1. The Bertz CT molecular complexity index is 524. The van der Waals surface area contributed by atoms with E-state index in [1.807, 2.05) is 24.7 Å². The lowest BCUT2D eigenvalue weighted by Gasteiger charge is -2.19. The van der Waals surface area contributed by atoms with Gasteiger partial charge in [-0.05, 0) is 49.1 Å². The molecule has 3 nitrogen and oxygen atoms in total. The van der Waals surface area contributed by atoms with Crippen molar-refractivity contribution >= 4 is 0 Å². The molecule has 0 saturated carbocycles. The fraction of sp³-hybridized carbons (Fsp3) is 0.333. The lowest BCUT2D eigenvalue weighted by Crippen LogP contribution is -2.23. The highest BCUT2D eigenvalue weighted by Gasteiger charge is 2.24. The van der Waals surface area contributed by atoms with Gasteiger partial charge < -0.3 is 5.32 Å². The van der Waals surface area contributed by atoms with E-state index < -0.39 is 0 Å². The first-order chi connectivity index (χ1) is 8.84. The summed E-state index contributed by atoms with van der Waals surface area (Å²) in [6.45, 7) is 2.19. The third-order valence-corrected chi connectivity index (χ3v) is 3.62. The Kier molecular flexibility index (Phi) is 3.07. The van der Waals surface area contributed by atoms with Crippen LogP contribution in [0.2, 0.25) is 0 Å². The van der Waals surface area contributed by atoms with E-state index in [-0.39, 0.29) is 0 Å². The fourth-order valence-corrected chi connectivity index (χ4v) is 2.62. The van der Waals surface area contributed by atoms with Crippen molar-refractivity contribution in [3.63, 3.8) is 0 Å². The van der Waals surface area contributed by atoms with Gasteiger partial charge in [0.2, 0.25) is 0 Å². The van der Waals surface area contributed by atoms with Crippen molar-refractivity contribution in [2.24, 2.45) is 0 Å². The summed E-state index contributed by atoms with van der Waals surface area (Å²) in [6.07, 6.45) is 7.84. The maximum absolute atomic E-state index is 4.51. The lowest BCUT2D eigenvalue weighted by atomic mass is 10.1. The van der Waals surface area contributed by atoms with E-state index in [1.54, 1.807) is 0 Å². The number of nitrogens with zero attached hydrogens (tertiary/aromatic N) is 2. The molecule has 1 aliphatic rings. The molecule has 0 spiro atoms. The molecule has 3 heteroatoms. The first-order valence-electron chi connectivity index (χ1n) is 6.44. The molecule has 1 aliphatic carbocycles. The second-order valence-corrected chi connectivity index (χ2v) is 4.81. The quantitative estimate of drug-likeness (QED) is 0.895. The van der Waals surface area contributed by atoms with Crippen molar-refractivity contribution in [2.45, 2.75) is 31.8 Å². The Balaban J connectivity index is 1.75. The SMILES string of the molecule is C[C@@H](NC1CCc2cccnc21)c1ccncc1. The molecule has 0 saturated heterocycles. The van der Waals surface area contributed by atoms with Gasteiger partial charge in [-0.2, -0.15) is 0 Å². The molecule has 2 aromatic rings. The Morgan fingerprint density at radius 3 is 2.89 bits per heavy atom. The molecule has 0 aliphatic heterocycles. The van der Waals surface area contributed by atoms with E-state index in [1.165, 1.54) is 16.8 Å². The summed E-state index contributed by atoms with van der Waals surface area (Å²) in [4.78, 5) is 8.57. The van der Waals surface area contributed by atoms with Crippen LogP contribution in [0.5, 0.6) is 0 Å². The number of pyridine rings is 2. The smallest absolute Gasteiger partial charge is 0.0605 e. The molecule has 0 amide bonds. The predicted molar refractivity (Wildman–Crippen MR) is 71.1 cm³/mol. The van der Waals surface area contributed by atoms with Gasteiger partial charge in [-0.1, -0.05) is 6.07 Å². The van der Waals surface area contributed by atoms with E-state index in [2.05, 4.69) is 40.4 Å². The van der Waals surface area contributed by atoms with E-state index in [0.717, 1.165) is 12.8 Å². The number of hydrogen-bond acceptors (Lipinski definition) is 3. The van der Waals surface area contributed by atoms with Crippen LogP contribution in [0.15, 0.2) is 42.9 Å². The molecular formula is C15H17N3. The molecule has 1 unspecified atom stereocenters. The maximum atomic E-state index is 4.51. The molecule has 0 radical (unpaired) electrons. The standard InChI is InChI=1S/C15H17N3/c1-11(12-6-9-16-10-7-12)18-14-5-4-13-3-2-8-17-15(13)14/h2-3,6-11,14,18H,4-5H2,1H3/t11-,14?/m1/s1. The summed E-state index contributed by atoms with van der Waals surface area (Å²) in [6, 6.07) is 9.03. The number of rotatable bonds is 3. The minimum atomic E-state index is 0.325. The largest absolute Gasteiger partial charge is 0.302 e. The van der Waals surface area contributed by atoms with Gasteiger partial charge >= 0.3 is 0 Å². The van der Waals surface area contributed by atoms with E-state index >= 15 is 0 Å². The van der Waals surface area contributed by atoms with Gasteiger partial charge in [0.05, 0.1) is 11.7 Å². The van der Waals surface area contributed by atoms with Crippen LogP contribution in [0, 0.1) is 0 Å². The average molecular weight is 239 g/mol. The molecule has 2 atom stereocenters. The Labute approximate surface area is 107 Å². The van der Waals surface area contributed by atoms with Crippen LogP contribution in [-0.4, -0.2) is 9.97 Å². The van der Waals surface area contributed by atoms with Gasteiger partial charge in [0, 0.05) is 24.6 Å². The molecule has 2 aromatic heterocycles. The summed E-state index contributed by atoms with van der Waals surface area (Å²) < 4.78 is 0. The topological polar surface area (TPSA) is 37.8 Å². The van der Waals surface area contributed by atoms with E-state index in [4.69, 9.17) is 0 Å². The van der Waals surface area contributed by atoms with Crippen LogP contribution in [0.25, 0.3) is 0 Å². The molecule has 0 bridgehead atoms. The molecule has 0 aromatic carbocycles. The molecule has 0 fully saturated rings. The summed E-state index contributed by atoms with van der Waals surface area (Å²) in [5.74, 6) is 0. The summed E-state index contributed by atoms with van der Waals surface area (Å²) in [5, 5.41) is 3.66. The van der Waals surface area contributed by atoms with Crippen LogP contribution in [-0.2, 0) is 6.42 Å². The Morgan fingerprint density at radius 1 is 1.22 bits per heavy atom. The fourth-order valence-electron chi connectivity index (χ4n) is 2.62. The predicted octanol–water partition coefficient (Wildman–Crippen LogP) is 2.81. The summed E-state index contributed by atoms with van der Waals surface area (Å²) in [5.41, 5.74) is 3.88. The second kappa shape index (κ2) is 4.86. The first-order valence-corrected chi connectivity index (χ1v) is 6.44. The zero-order chi connectivity index (χ0) is 12.4. The number of aryl methyl sites for hydroxylation is 1. The lowest BCUT2D eigenvalue weighted by molar-refractivity contribution is 0.458. The van der Waals surface area contributed by atoms with Gasteiger partial charge in [0.1, 0.15) is 0 Å². The van der Waals surface area contributed by atoms with Gasteiger partial charge in [-0.3, -0.25) is 9.97 Å². The zero-order valence-corrected chi connectivity index (χ0v) is 10.5. The van der Waals surface area contributed by atoms with Gasteiger partial charge in [0.25, 0.3) is 0 Å². The maximum Gasteiger partial charge on any atom is 0.0605 e. The number of hydrogen-bond donors (Lipinski definition) is 1. The molecule has 92 valence electrons. The van der Waals surface area contributed by atoms with E-state index in [9.17, 15) is 0 Å². The molecule has 3 rings (SSSR count). The Hall–Kier alpha value is -1.74. The van der Waals surface area contributed by atoms with Crippen LogP contribution in [0.3, 0.4) is 0 Å². The highest BCUT2D eigenvalue weighted by atomic mass is 15.0. The number of fused-ring (bicyclic) bond motifs is 1. The highest BCUT2D eigenvalue weighted by molar-refractivity contribution is 5.28. The molecular weight excluding hydrogens is 222 g/mol. The van der Waals surface area contributed by atoms with Crippen LogP contribution >= 0.6 is 0 Å². The monoisotopic (exact) mass is 239 g/mol. The normalized spacial score (nSPS) is 19.5. The second-order valence-electron chi connectivity index (χ2n) is 4.81. The van der Waals surface area contributed by atoms with Crippen molar-refractivity contribution in [2.75, 3.05) is 0 Å². The minimum absolute atomic E-state index is 0.325. The van der Waals surface area contributed by atoms with Crippen molar-refractivity contribution in [1.82, 2.24) is 15.3 Å². The molecule has 1 N–H and O–H groups in total. The van der Waals surface area contributed by atoms with Crippen LogP contribution < -0.4 is 5.32 Å². The molecule has 18 heavy (non-hydrogen) atoms. The third kappa shape index (κ3) is 2.14. The third-order valence-electron chi connectivity index (χ3n) is 3.62. The van der Waals surface area contributed by atoms with Crippen molar-refractivity contribution in [1.29, 1.82) is 0 Å². The van der Waals surface area contributed by atoms with Crippen LogP contribution in [0.1, 0.15) is 42.2 Å². The van der Waals surface area contributed by atoms with E-state index in [0.29, 0.717) is 12.1 Å². The van der Waals surface area contributed by atoms with Crippen molar-refractivity contribution < 1.29 is 0 Å². The zero-order valence-electron chi connectivity index (χ0n) is 10.5. The van der Waals surface area contributed by atoms with Crippen molar-refractivity contribution in [3.8, 4) is 0 Å². The average Bonchev–Trinajstić information content (AvgIpc) is 2.83. The van der Waals surface area contributed by atoms with Crippen molar-refractivity contribution in [3.05, 3.63) is 59.7 Å². The number of aromatic nitrogens is 2. The Morgan fingerprint density at radius 2 is 2.06 bits per heavy atom.